The second kappa shape index (κ2) is 6.72. The molecule has 1 aromatic carbocycles. The lowest BCUT2D eigenvalue weighted by molar-refractivity contribution is 0.355. The summed E-state index contributed by atoms with van der Waals surface area (Å²) in [7, 11) is 3.28. The van der Waals surface area contributed by atoms with E-state index in [9.17, 15) is 0 Å². The zero-order valence-electron chi connectivity index (χ0n) is 12.3. The zero-order valence-corrected chi connectivity index (χ0v) is 13.1. The van der Waals surface area contributed by atoms with Crippen molar-refractivity contribution in [2.45, 2.75) is 26.4 Å². The molecule has 0 unspecified atom stereocenters. The molecule has 0 saturated carbocycles. The van der Waals surface area contributed by atoms with Crippen LogP contribution in [0.4, 0.5) is 0 Å². The molecule has 108 valence electrons. The Morgan fingerprint density at radius 2 is 1.95 bits per heavy atom. The lowest BCUT2D eigenvalue weighted by Gasteiger charge is -2.08. The van der Waals surface area contributed by atoms with Gasteiger partial charge in [-0.3, -0.25) is 0 Å². The Morgan fingerprint density at radius 1 is 1.20 bits per heavy atom. The Balaban J connectivity index is 2.19. The van der Waals surface area contributed by atoms with Crippen LogP contribution in [0, 0.1) is 0 Å². The molecule has 5 heteroatoms. The molecule has 1 heterocycles. The van der Waals surface area contributed by atoms with Crippen LogP contribution in [0.1, 0.15) is 18.7 Å². The predicted octanol–water partition coefficient (Wildman–Crippen LogP) is 3.33. The maximum Gasteiger partial charge on any atom is 0.161 e. The molecule has 0 aliphatic carbocycles. The molecule has 0 radical (unpaired) electrons. The monoisotopic (exact) mass is 292 g/mol. The fourth-order valence-electron chi connectivity index (χ4n) is 1.80. The third kappa shape index (κ3) is 3.49. The van der Waals surface area contributed by atoms with Gasteiger partial charge in [-0.05, 0) is 18.2 Å². The van der Waals surface area contributed by atoms with Gasteiger partial charge in [-0.15, -0.1) is 11.3 Å². The number of nitrogens with one attached hydrogen (secondary N) is 1. The minimum atomic E-state index is 0.474. The zero-order chi connectivity index (χ0) is 14.5. The Bertz CT molecular complexity index is 567. The first-order chi connectivity index (χ1) is 9.63. The number of rotatable bonds is 6. The van der Waals surface area contributed by atoms with Crippen LogP contribution in [0.3, 0.4) is 0 Å². The van der Waals surface area contributed by atoms with E-state index in [-0.39, 0.29) is 0 Å². The van der Waals surface area contributed by atoms with E-state index >= 15 is 0 Å². The number of ether oxygens (including phenoxy) is 2. The van der Waals surface area contributed by atoms with Crippen molar-refractivity contribution in [2.24, 2.45) is 0 Å². The van der Waals surface area contributed by atoms with Gasteiger partial charge in [-0.2, -0.15) is 0 Å². The highest BCUT2D eigenvalue weighted by molar-refractivity contribution is 7.15. The minimum Gasteiger partial charge on any atom is -0.493 e. The molecule has 0 atom stereocenters. The van der Waals surface area contributed by atoms with Crippen molar-refractivity contribution >= 4 is 11.3 Å². The summed E-state index contributed by atoms with van der Waals surface area (Å²) in [6.07, 6.45) is 1.92. The molecule has 0 aliphatic rings. The summed E-state index contributed by atoms with van der Waals surface area (Å²) in [6, 6.07) is 6.33. The first-order valence-electron chi connectivity index (χ1n) is 6.54. The summed E-state index contributed by atoms with van der Waals surface area (Å²) in [4.78, 5) is 5.70. The van der Waals surface area contributed by atoms with E-state index in [4.69, 9.17) is 9.47 Å². The Kier molecular flexibility index (Phi) is 4.98. The van der Waals surface area contributed by atoms with Gasteiger partial charge in [0.1, 0.15) is 5.01 Å². The fourth-order valence-corrected chi connectivity index (χ4v) is 2.66. The van der Waals surface area contributed by atoms with Crippen LogP contribution in [0.25, 0.3) is 10.6 Å². The van der Waals surface area contributed by atoms with Gasteiger partial charge in [-0.25, -0.2) is 4.98 Å². The number of thiazole rings is 1. The van der Waals surface area contributed by atoms with Crippen molar-refractivity contribution in [1.82, 2.24) is 10.3 Å². The average Bonchev–Trinajstić information content (AvgIpc) is 2.93. The van der Waals surface area contributed by atoms with E-state index in [1.54, 1.807) is 25.6 Å². The van der Waals surface area contributed by atoms with Crippen molar-refractivity contribution in [1.29, 1.82) is 0 Å². The van der Waals surface area contributed by atoms with Gasteiger partial charge < -0.3 is 14.8 Å². The molecule has 20 heavy (non-hydrogen) atoms. The molecule has 0 saturated heterocycles. The Labute approximate surface area is 123 Å². The van der Waals surface area contributed by atoms with Crippen LogP contribution >= 0.6 is 11.3 Å². The minimum absolute atomic E-state index is 0.474. The molecule has 0 spiro atoms. The quantitative estimate of drug-likeness (QED) is 0.887. The molecule has 0 aliphatic heterocycles. The molecular formula is C15H20N2O2S. The molecule has 4 nitrogen and oxygen atoms in total. The number of methoxy groups -OCH3 is 2. The molecule has 0 fully saturated rings. The Morgan fingerprint density at radius 3 is 2.60 bits per heavy atom. The van der Waals surface area contributed by atoms with Crippen LogP contribution < -0.4 is 14.8 Å². The van der Waals surface area contributed by atoms with Crippen LogP contribution in [-0.4, -0.2) is 25.2 Å². The molecule has 0 bridgehead atoms. The van der Waals surface area contributed by atoms with Gasteiger partial charge in [-0.1, -0.05) is 13.8 Å². The van der Waals surface area contributed by atoms with E-state index in [1.165, 1.54) is 4.88 Å². The maximum atomic E-state index is 5.32. The summed E-state index contributed by atoms with van der Waals surface area (Å²) in [5.74, 6) is 1.46. The summed E-state index contributed by atoms with van der Waals surface area (Å²) < 4.78 is 10.6. The molecule has 2 aromatic rings. The summed E-state index contributed by atoms with van der Waals surface area (Å²) in [5.41, 5.74) is 1.04. The maximum absolute atomic E-state index is 5.32. The van der Waals surface area contributed by atoms with Crippen molar-refractivity contribution in [3.63, 3.8) is 0 Å². The topological polar surface area (TPSA) is 43.4 Å². The van der Waals surface area contributed by atoms with Gasteiger partial charge in [0.05, 0.1) is 14.2 Å². The summed E-state index contributed by atoms with van der Waals surface area (Å²) >= 11 is 1.69. The normalized spacial score (nSPS) is 10.8. The molecule has 0 amide bonds. The van der Waals surface area contributed by atoms with Crippen LogP contribution in [-0.2, 0) is 6.54 Å². The van der Waals surface area contributed by atoms with Crippen LogP contribution in [0.5, 0.6) is 11.5 Å². The summed E-state index contributed by atoms with van der Waals surface area (Å²) in [6.45, 7) is 5.12. The van der Waals surface area contributed by atoms with E-state index in [1.807, 2.05) is 24.4 Å². The second-order valence-corrected chi connectivity index (χ2v) is 5.85. The van der Waals surface area contributed by atoms with E-state index in [2.05, 4.69) is 24.1 Å². The molecular weight excluding hydrogens is 272 g/mol. The first kappa shape index (κ1) is 14.8. The lowest BCUT2D eigenvalue weighted by atomic mass is 10.2. The number of aromatic nitrogens is 1. The van der Waals surface area contributed by atoms with E-state index in [0.717, 1.165) is 28.6 Å². The first-order valence-corrected chi connectivity index (χ1v) is 7.36. The second-order valence-electron chi connectivity index (χ2n) is 4.74. The average molecular weight is 292 g/mol. The predicted molar refractivity (Wildman–Crippen MR) is 82.6 cm³/mol. The SMILES string of the molecule is COc1ccc(-c2ncc(CNC(C)C)s2)cc1OC. The van der Waals surface area contributed by atoms with Crippen molar-refractivity contribution in [2.75, 3.05) is 14.2 Å². The van der Waals surface area contributed by atoms with Gasteiger partial charge in [0, 0.05) is 29.2 Å². The smallest absolute Gasteiger partial charge is 0.161 e. The lowest BCUT2D eigenvalue weighted by Crippen LogP contribution is -2.21. The highest BCUT2D eigenvalue weighted by Crippen LogP contribution is 2.33. The third-order valence-electron chi connectivity index (χ3n) is 2.87. The van der Waals surface area contributed by atoms with Gasteiger partial charge in [0.15, 0.2) is 11.5 Å². The summed E-state index contributed by atoms with van der Waals surface area (Å²) in [5, 5.41) is 4.39. The van der Waals surface area contributed by atoms with Crippen LogP contribution in [0.2, 0.25) is 0 Å². The van der Waals surface area contributed by atoms with Crippen molar-refractivity contribution in [3.05, 3.63) is 29.3 Å². The number of hydrogen-bond donors (Lipinski definition) is 1. The van der Waals surface area contributed by atoms with E-state index < -0.39 is 0 Å². The van der Waals surface area contributed by atoms with Gasteiger partial charge >= 0.3 is 0 Å². The number of benzene rings is 1. The molecule has 1 aromatic heterocycles. The Hall–Kier alpha value is -1.59. The van der Waals surface area contributed by atoms with Crippen molar-refractivity contribution < 1.29 is 9.47 Å². The highest BCUT2D eigenvalue weighted by atomic mass is 32.1. The van der Waals surface area contributed by atoms with Gasteiger partial charge in [0.2, 0.25) is 0 Å². The largest absolute Gasteiger partial charge is 0.493 e. The molecule has 1 N–H and O–H groups in total. The van der Waals surface area contributed by atoms with E-state index in [0.29, 0.717) is 6.04 Å². The van der Waals surface area contributed by atoms with Crippen LogP contribution in [0.15, 0.2) is 24.4 Å². The molecule has 2 rings (SSSR count). The number of hydrogen-bond acceptors (Lipinski definition) is 5. The number of nitrogens with zero attached hydrogens (tertiary/aromatic N) is 1. The fraction of sp³-hybridized carbons (Fsp3) is 0.400. The highest BCUT2D eigenvalue weighted by Gasteiger charge is 2.09. The van der Waals surface area contributed by atoms with Crippen molar-refractivity contribution in [3.8, 4) is 22.1 Å². The standard InChI is InChI=1S/C15H20N2O2S/c1-10(2)16-8-12-9-17-15(20-12)11-5-6-13(18-3)14(7-11)19-4/h5-7,9-10,16H,8H2,1-4H3. The third-order valence-corrected chi connectivity index (χ3v) is 3.91. The van der Waals surface area contributed by atoms with Gasteiger partial charge in [0.25, 0.3) is 0 Å².